The van der Waals surface area contributed by atoms with Gasteiger partial charge >= 0.3 is 0 Å². The number of hydrogen-bond donors (Lipinski definition) is 1. The first-order valence-corrected chi connectivity index (χ1v) is 9.22. The number of aromatic nitrogens is 1. The number of anilines is 3. The van der Waals surface area contributed by atoms with Crippen molar-refractivity contribution in [2.24, 2.45) is 0 Å². The van der Waals surface area contributed by atoms with Gasteiger partial charge in [-0.3, -0.25) is 9.59 Å². The molecule has 0 saturated carbocycles. The highest BCUT2D eigenvalue weighted by Crippen LogP contribution is 2.20. The summed E-state index contributed by atoms with van der Waals surface area (Å²) in [4.78, 5) is 34.4. The molecule has 148 valence electrons. The van der Waals surface area contributed by atoms with E-state index in [4.69, 9.17) is 5.73 Å². The van der Waals surface area contributed by atoms with Crippen LogP contribution in [0.15, 0.2) is 60.4 Å². The summed E-state index contributed by atoms with van der Waals surface area (Å²) in [7, 11) is 0. The average molecular weight is 390 g/mol. The predicted molar refractivity (Wildman–Crippen MR) is 111 cm³/mol. The highest BCUT2D eigenvalue weighted by molar-refractivity contribution is 6.21. The smallest absolute Gasteiger partial charge is 0.277 e. The Bertz CT molecular complexity index is 941. The van der Waals surface area contributed by atoms with Crippen LogP contribution in [0.3, 0.4) is 0 Å². The Morgan fingerprint density at radius 2 is 1.83 bits per heavy atom. The third-order valence-corrected chi connectivity index (χ3v) is 4.62. The number of carbonyl (C=O) groups is 2. The number of imide groups is 1. The van der Waals surface area contributed by atoms with Crippen molar-refractivity contribution in [3.05, 3.63) is 60.4 Å². The molecular weight excluding hydrogens is 368 g/mol. The first-order valence-electron chi connectivity index (χ1n) is 9.22. The van der Waals surface area contributed by atoms with Gasteiger partial charge in [0.25, 0.3) is 5.91 Å². The van der Waals surface area contributed by atoms with Crippen molar-refractivity contribution in [1.29, 1.82) is 5.26 Å². The Morgan fingerprint density at radius 1 is 1.14 bits per heavy atom. The summed E-state index contributed by atoms with van der Waals surface area (Å²) < 4.78 is 0. The minimum absolute atomic E-state index is 0.0942. The summed E-state index contributed by atoms with van der Waals surface area (Å²) in [5.41, 5.74) is 6.47. The van der Waals surface area contributed by atoms with E-state index in [1.165, 1.54) is 13.1 Å². The van der Waals surface area contributed by atoms with Gasteiger partial charge in [-0.05, 0) is 36.4 Å². The highest BCUT2D eigenvalue weighted by Gasteiger charge is 2.25. The molecule has 1 saturated heterocycles. The van der Waals surface area contributed by atoms with Crippen molar-refractivity contribution in [2.45, 2.75) is 6.92 Å². The van der Waals surface area contributed by atoms with E-state index in [9.17, 15) is 14.9 Å². The second-order valence-electron chi connectivity index (χ2n) is 6.62. The number of nitrogens with two attached hydrogens (primary N) is 1. The second kappa shape index (κ2) is 8.89. The fourth-order valence-electron chi connectivity index (χ4n) is 3.12. The maximum absolute atomic E-state index is 12.9. The summed E-state index contributed by atoms with van der Waals surface area (Å²) in [5.74, 6) is -0.225. The van der Waals surface area contributed by atoms with Gasteiger partial charge in [-0.1, -0.05) is 6.07 Å². The topological polar surface area (TPSA) is 107 Å². The fourth-order valence-corrected chi connectivity index (χ4v) is 3.12. The molecular formula is C21H22N6O2. The van der Waals surface area contributed by atoms with Gasteiger partial charge in [0, 0.05) is 51.2 Å². The molecule has 1 fully saturated rings. The Labute approximate surface area is 169 Å². The van der Waals surface area contributed by atoms with Gasteiger partial charge in [0.05, 0.1) is 5.69 Å². The normalized spacial score (nSPS) is 14.3. The molecule has 1 aliphatic heterocycles. The lowest BCUT2D eigenvalue weighted by atomic mass is 10.2. The SMILES string of the molecule is CC(=O)N(C(=O)/C(C#N)=C\N1CCN(c2ccccn2)CC1)c1ccc(N)cc1. The highest BCUT2D eigenvalue weighted by atomic mass is 16.2. The zero-order valence-electron chi connectivity index (χ0n) is 16.2. The summed E-state index contributed by atoms with van der Waals surface area (Å²) in [6.07, 6.45) is 3.28. The number of nitriles is 1. The molecule has 2 heterocycles. The van der Waals surface area contributed by atoms with Crippen LogP contribution < -0.4 is 15.5 Å². The maximum Gasteiger partial charge on any atom is 0.277 e. The summed E-state index contributed by atoms with van der Waals surface area (Å²) >= 11 is 0. The largest absolute Gasteiger partial charge is 0.399 e. The summed E-state index contributed by atoms with van der Waals surface area (Å²) in [5, 5.41) is 9.53. The number of amides is 2. The third-order valence-electron chi connectivity index (χ3n) is 4.62. The van der Waals surface area contributed by atoms with Gasteiger partial charge in [0.1, 0.15) is 17.5 Å². The first-order chi connectivity index (χ1) is 14.0. The molecule has 2 N–H and O–H groups in total. The van der Waals surface area contributed by atoms with E-state index in [0.717, 1.165) is 23.8 Å². The van der Waals surface area contributed by atoms with E-state index >= 15 is 0 Å². The monoisotopic (exact) mass is 390 g/mol. The van der Waals surface area contributed by atoms with Crippen LogP contribution >= 0.6 is 0 Å². The van der Waals surface area contributed by atoms with E-state index in [-0.39, 0.29) is 5.57 Å². The van der Waals surface area contributed by atoms with E-state index < -0.39 is 11.8 Å². The van der Waals surface area contributed by atoms with E-state index in [2.05, 4.69) is 9.88 Å². The zero-order chi connectivity index (χ0) is 20.8. The molecule has 0 unspecified atom stereocenters. The molecule has 1 aromatic carbocycles. The molecule has 2 amide bonds. The molecule has 29 heavy (non-hydrogen) atoms. The Morgan fingerprint density at radius 3 is 2.38 bits per heavy atom. The van der Waals surface area contributed by atoms with Crippen molar-refractivity contribution in [3.8, 4) is 6.07 Å². The average Bonchev–Trinajstić information content (AvgIpc) is 2.74. The molecule has 3 rings (SSSR count). The van der Waals surface area contributed by atoms with E-state index in [1.54, 1.807) is 30.5 Å². The van der Waals surface area contributed by atoms with Crippen LogP contribution in [0, 0.1) is 11.3 Å². The van der Waals surface area contributed by atoms with Crippen molar-refractivity contribution < 1.29 is 9.59 Å². The molecule has 0 bridgehead atoms. The van der Waals surface area contributed by atoms with Crippen molar-refractivity contribution in [3.63, 3.8) is 0 Å². The molecule has 0 spiro atoms. The van der Waals surface area contributed by atoms with Gasteiger partial charge in [-0.15, -0.1) is 0 Å². The number of pyridine rings is 1. The summed E-state index contributed by atoms with van der Waals surface area (Å²) in [6, 6.07) is 14.1. The van der Waals surface area contributed by atoms with Crippen molar-refractivity contribution in [1.82, 2.24) is 9.88 Å². The third kappa shape index (κ3) is 4.71. The zero-order valence-corrected chi connectivity index (χ0v) is 16.2. The number of nitrogen functional groups attached to an aromatic ring is 1. The van der Waals surface area contributed by atoms with Crippen LogP contribution in [0.2, 0.25) is 0 Å². The number of nitrogens with zero attached hydrogens (tertiary/aromatic N) is 5. The van der Waals surface area contributed by atoms with Crippen LogP contribution in [0.25, 0.3) is 0 Å². The quantitative estimate of drug-likeness (QED) is 0.482. The minimum Gasteiger partial charge on any atom is -0.399 e. The lowest BCUT2D eigenvalue weighted by molar-refractivity contribution is -0.123. The van der Waals surface area contributed by atoms with Crippen molar-refractivity contribution >= 4 is 29.0 Å². The number of carbonyl (C=O) groups excluding carboxylic acids is 2. The molecule has 8 heteroatoms. The molecule has 8 nitrogen and oxygen atoms in total. The Balaban J connectivity index is 1.73. The van der Waals surface area contributed by atoms with Gasteiger partial charge in [-0.25, -0.2) is 9.88 Å². The first kappa shape index (κ1) is 19.9. The van der Waals surface area contributed by atoms with Gasteiger partial charge < -0.3 is 15.5 Å². The van der Waals surface area contributed by atoms with Crippen LogP contribution in [0.5, 0.6) is 0 Å². The second-order valence-corrected chi connectivity index (χ2v) is 6.62. The van der Waals surface area contributed by atoms with Crippen molar-refractivity contribution in [2.75, 3.05) is 41.7 Å². The number of benzene rings is 1. The number of hydrogen-bond acceptors (Lipinski definition) is 7. The van der Waals surface area contributed by atoms with Gasteiger partial charge in [0.2, 0.25) is 5.91 Å². The lowest BCUT2D eigenvalue weighted by Crippen LogP contribution is -2.45. The molecule has 0 radical (unpaired) electrons. The summed E-state index contributed by atoms with van der Waals surface area (Å²) in [6.45, 7) is 3.99. The Hall–Kier alpha value is -3.86. The van der Waals surface area contributed by atoms with Gasteiger partial charge in [-0.2, -0.15) is 5.26 Å². The predicted octanol–water partition coefficient (Wildman–Crippen LogP) is 1.77. The van der Waals surface area contributed by atoms with Crippen LogP contribution in [0.1, 0.15) is 6.92 Å². The standard InChI is InChI=1S/C21H22N6O2/c1-16(28)27(19-7-5-18(23)6-8-19)21(29)17(14-22)15-25-10-12-26(13-11-25)20-4-2-3-9-24-20/h2-9,15H,10-13,23H2,1H3/b17-15-. The fraction of sp³-hybridized carbons (Fsp3) is 0.238. The Kier molecular flexibility index (Phi) is 6.09. The van der Waals surface area contributed by atoms with Crippen LogP contribution in [0.4, 0.5) is 17.2 Å². The molecule has 2 aromatic rings. The van der Waals surface area contributed by atoms with Crippen LogP contribution in [-0.2, 0) is 9.59 Å². The van der Waals surface area contributed by atoms with E-state index in [1.807, 2.05) is 29.2 Å². The lowest BCUT2D eigenvalue weighted by Gasteiger charge is -2.35. The van der Waals surface area contributed by atoms with Crippen LogP contribution in [-0.4, -0.2) is 47.9 Å². The molecule has 1 aliphatic rings. The maximum atomic E-state index is 12.9. The molecule has 0 atom stereocenters. The van der Waals surface area contributed by atoms with Gasteiger partial charge in [0.15, 0.2) is 0 Å². The molecule has 1 aromatic heterocycles. The van der Waals surface area contributed by atoms with E-state index in [0.29, 0.717) is 24.5 Å². The molecule has 0 aliphatic carbocycles. The number of rotatable bonds is 4. The minimum atomic E-state index is -0.656. The number of piperazine rings is 1.